The molecule has 3 rings (SSSR count). The second kappa shape index (κ2) is 8.95. The summed E-state index contributed by atoms with van der Waals surface area (Å²) < 4.78 is 9.20. The third-order valence-corrected chi connectivity index (χ3v) is 37.1. The van der Waals surface area contributed by atoms with E-state index in [-0.39, 0.29) is 11.1 Å². The SMILES string of the molecule is CC(C)(C)N1[Si@@]([Se-])(N([Si](C)(C)C)[Si](C)(C)C)[N+](C(C)(C)C)=P1(c1ccccc1)c1ccccc1. The van der Waals surface area contributed by atoms with E-state index in [0.29, 0.717) is 0 Å². The van der Waals surface area contributed by atoms with Crippen molar-refractivity contribution in [1.29, 1.82) is 0 Å². The average molecular weight is 595 g/mol. The van der Waals surface area contributed by atoms with Crippen LogP contribution < -0.4 is 10.6 Å². The first kappa shape index (κ1) is 28.3. The Morgan fingerprint density at radius 3 is 1.35 bits per heavy atom. The predicted octanol–water partition coefficient (Wildman–Crippen LogP) is 6.25. The van der Waals surface area contributed by atoms with Gasteiger partial charge in [-0.2, -0.15) is 0 Å². The van der Waals surface area contributed by atoms with E-state index in [1.54, 1.807) is 0 Å². The molecule has 34 heavy (non-hydrogen) atoms. The molecule has 0 saturated heterocycles. The van der Waals surface area contributed by atoms with Crippen LogP contribution in [0.1, 0.15) is 41.5 Å². The molecule has 0 aromatic heterocycles. The quantitative estimate of drug-likeness (QED) is 0.299. The minimum absolute atomic E-state index is 0.0102. The fraction of sp³-hybridized carbons (Fsp3) is 0.538. The molecule has 0 bridgehead atoms. The van der Waals surface area contributed by atoms with Crippen LogP contribution in [0.25, 0.3) is 0 Å². The maximum atomic E-state index is 4.02. The molecule has 1 aliphatic rings. The summed E-state index contributed by atoms with van der Waals surface area (Å²) in [7, 11) is -7.78. The van der Waals surface area contributed by atoms with E-state index < -0.39 is 30.8 Å². The van der Waals surface area contributed by atoms with Crippen LogP contribution in [-0.2, 0) is 0 Å². The molecule has 0 saturated carbocycles. The normalized spacial score (nSPS) is 22.1. The van der Waals surface area contributed by atoms with E-state index in [4.69, 9.17) is 0 Å². The van der Waals surface area contributed by atoms with Gasteiger partial charge in [-0.25, -0.2) is 0 Å². The molecule has 0 unspecified atom stereocenters. The molecule has 3 nitrogen and oxygen atoms in total. The summed E-state index contributed by atoms with van der Waals surface area (Å²) in [5.74, 6) is 0. The van der Waals surface area contributed by atoms with Gasteiger partial charge >= 0.3 is 222 Å². The van der Waals surface area contributed by atoms with E-state index >= 15 is 0 Å². The third-order valence-electron chi connectivity index (χ3n) is 6.27. The number of rotatable bonds is 5. The first-order chi connectivity index (χ1) is 15.3. The third kappa shape index (κ3) is 4.50. The molecule has 2 aromatic carbocycles. The second-order valence-corrected chi connectivity index (χ2v) is 34.1. The van der Waals surface area contributed by atoms with Crippen LogP contribution in [-0.4, -0.2) is 62.3 Å². The summed E-state index contributed by atoms with van der Waals surface area (Å²) in [5, 5.41) is 2.94. The summed E-state index contributed by atoms with van der Waals surface area (Å²) in [6, 6.07) is 22.8. The zero-order valence-electron chi connectivity index (χ0n) is 23.5. The predicted molar refractivity (Wildman–Crippen MR) is 161 cm³/mol. The van der Waals surface area contributed by atoms with Gasteiger partial charge in [0.15, 0.2) is 0 Å². The molecule has 0 spiro atoms. The van der Waals surface area contributed by atoms with E-state index in [9.17, 15) is 0 Å². The van der Waals surface area contributed by atoms with Crippen molar-refractivity contribution in [1.82, 2.24) is 8.23 Å². The summed E-state index contributed by atoms with van der Waals surface area (Å²) in [6.07, 6.45) is 0. The Kier molecular flexibility index (Phi) is 7.46. The molecule has 188 valence electrons. The van der Waals surface area contributed by atoms with E-state index in [2.05, 4.69) is 169 Å². The molecule has 0 aliphatic carbocycles. The Balaban J connectivity index is 2.67. The van der Waals surface area contributed by atoms with Crippen molar-refractivity contribution >= 4 is 56.8 Å². The average Bonchev–Trinajstić information content (AvgIpc) is 2.62. The van der Waals surface area contributed by atoms with Crippen LogP contribution in [0, 0.1) is 0 Å². The van der Waals surface area contributed by atoms with Crippen LogP contribution in [0.3, 0.4) is 0 Å². The van der Waals surface area contributed by atoms with Crippen molar-refractivity contribution in [2.45, 2.75) is 91.9 Å². The van der Waals surface area contributed by atoms with Crippen LogP contribution in [0.5, 0.6) is 0 Å². The molecule has 8 heteroatoms. The zero-order valence-corrected chi connectivity index (χ0v) is 29.1. The van der Waals surface area contributed by atoms with Gasteiger partial charge in [-0.3, -0.25) is 0 Å². The Hall–Kier alpha value is -0.240. The van der Waals surface area contributed by atoms with E-state index in [1.165, 1.54) is 10.6 Å². The van der Waals surface area contributed by atoms with Gasteiger partial charge in [-0.1, -0.05) is 0 Å². The molecule has 1 atom stereocenters. The van der Waals surface area contributed by atoms with Gasteiger partial charge in [0.2, 0.25) is 0 Å². The monoisotopic (exact) mass is 595 g/mol. The summed E-state index contributed by atoms with van der Waals surface area (Å²) in [6.45, 7) is 30.0. The molecule has 2 aromatic rings. The van der Waals surface area contributed by atoms with Crippen molar-refractivity contribution in [3.8, 4) is 0 Å². The zero-order chi connectivity index (χ0) is 26.0. The van der Waals surface area contributed by atoms with Gasteiger partial charge in [0, 0.05) is 0 Å². The Bertz CT molecular complexity index is 1020. The van der Waals surface area contributed by atoms with Crippen LogP contribution >= 0.6 is 7.21 Å². The van der Waals surface area contributed by atoms with Crippen LogP contribution in [0.15, 0.2) is 60.7 Å². The summed E-state index contributed by atoms with van der Waals surface area (Å²) in [5.41, 5.74) is 0.0203. The maximum absolute atomic E-state index is 4.02. The molecule has 1 aliphatic heterocycles. The molecule has 0 radical (unpaired) electrons. The number of hydrogen-bond acceptors (Lipinski definition) is 2. The van der Waals surface area contributed by atoms with Gasteiger partial charge in [0.25, 0.3) is 0 Å². The van der Waals surface area contributed by atoms with E-state index in [0.717, 1.165) is 0 Å². The van der Waals surface area contributed by atoms with Crippen LogP contribution in [0.2, 0.25) is 39.3 Å². The second-order valence-electron chi connectivity index (χ2n) is 13.5. The first-order valence-corrected chi connectivity index (χ1v) is 25.3. The number of hydrogen-bond donors (Lipinski definition) is 0. The number of nitrogens with zero attached hydrogens (tertiary/aromatic N) is 3. The fourth-order valence-corrected chi connectivity index (χ4v) is 53.8. The Morgan fingerprint density at radius 1 is 0.735 bits per heavy atom. The van der Waals surface area contributed by atoms with Crippen LogP contribution in [0.4, 0.5) is 0 Å². The molecular formula is C26H46N3PSeSi3. The fourth-order valence-electron chi connectivity index (χ4n) is 6.21. The molecular weight excluding hydrogens is 548 g/mol. The molecule has 0 fully saturated rings. The summed E-state index contributed by atoms with van der Waals surface area (Å²) in [4.78, 5) is 0. The topological polar surface area (TPSA) is 9.49 Å². The Labute approximate surface area is 220 Å². The van der Waals surface area contributed by atoms with Crippen molar-refractivity contribution in [2.75, 3.05) is 0 Å². The van der Waals surface area contributed by atoms with Crippen molar-refractivity contribution in [2.24, 2.45) is 0 Å². The van der Waals surface area contributed by atoms with E-state index in [1.807, 2.05) is 0 Å². The van der Waals surface area contributed by atoms with Gasteiger partial charge in [-0.15, -0.1) is 0 Å². The Morgan fingerprint density at radius 2 is 1.09 bits per heavy atom. The van der Waals surface area contributed by atoms with Crippen molar-refractivity contribution in [3.05, 3.63) is 60.7 Å². The molecule has 0 amide bonds. The van der Waals surface area contributed by atoms with Gasteiger partial charge in [0.05, 0.1) is 0 Å². The molecule has 1 heterocycles. The standard InChI is InChI=1S/C26H46N3PSeSi3/c1-25(2,3)27-30(23-19-15-13-16-20-23,24-21-17-14-18-22-24)28(26(4,5)6)34(27,31)29(32(7,8)9)33(10,11)12/h13-22H,1-12H3. The van der Waals surface area contributed by atoms with Gasteiger partial charge < -0.3 is 0 Å². The number of benzene rings is 2. The van der Waals surface area contributed by atoms with Crippen molar-refractivity contribution < 1.29 is 3.99 Å². The minimum atomic E-state index is -2.38. The molecule has 0 N–H and O–H groups in total. The van der Waals surface area contributed by atoms with Crippen molar-refractivity contribution in [3.63, 3.8) is 0 Å². The summed E-state index contributed by atoms with van der Waals surface area (Å²) >= 11 is 4.02. The first-order valence-electron chi connectivity index (χ1n) is 12.4. The van der Waals surface area contributed by atoms with Gasteiger partial charge in [0.1, 0.15) is 0 Å². The van der Waals surface area contributed by atoms with Gasteiger partial charge in [-0.05, 0) is 0 Å².